The van der Waals surface area contributed by atoms with Gasteiger partial charge in [0.2, 0.25) is 11.9 Å². The summed E-state index contributed by atoms with van der Waals surface area (Å²) in [5.41, 5.74) is 2.88. The number of H-pyrrole nitrogens is 1. The number of hydrogen-bond acceptors (Lipinski definition) is 8. The summed E-state index contributed by atoms with van der Waals surface area (Å²) in [7, 11) is 0. The highest BCUT2D eigenvalue weighted by molar-refractivity contribution is 5.96. The number of morpholine rings is 1. The second-order valence-corrected chi connectivity index (χ2v) is 10.3. The molecule has 0 bridgehead atoms. The summed E-state index contributed by atoms with van der Waals surface area (Å²) >= 11 is 0. The molecule has 3 aliphatic rings. The number of imidazole rings is 2. The number of carbonyl (C=O) groups excluding carboxylic acids is 2. The summed E-state index contributed by atoms with van der Waals surface area (Å²) < 4.78 is 7.56. The van der Waals surface area contributed by atoms with Crippen LogP contribution >= 0.6 is 0 Å². The maximum Gasteiger partial charge on any atom is 0.289 e. The number of anilines is 1. The molecule has 5 heterocycles. The van der Waals surface area contributed by atoms with Crippen LogP contribution in [0.1, 0.15) is 36.2 Å². The molecule has 0 radical (unpaired) electrons. The molecular formula is C27H31N9O3. The summed E-state index contributed by atoms with van der Waals surface area (Å²) in [6.45, 7) is 6.67. The molecule has 1 saturated carbocycles. The third-order valence-electron chi connectivity index (χ3n) is 7.78. The Bertz CT molecular complexity index is 1560. The Balaban J connectivity index is 1.26. The monoisotopic (exact) mass is 529 g/mol. The van der Waals surface area contributed by atoms with Gasteiger partial charge in [-0.1, -0.05) is 19.1 Å². The Morgan fingerprint density at radius 1 is 0.949 bits per heavy atom. The number of aromatic amines is 1. The van der Waals surface area contributed by atoms with Crippen molar-refractivity contribution in [2.75, 3.05) is 57.4 Å². The van der Waals surface area contributed by atoms with Gasteiger partial charge in [-0.25, -0.2) is 9.97 Å². The molecule has 0 atom stereocenters. The van der Waals surface area contributed by atoms with Crippen LogP contribution in [0.5, 0.6) is 0 Å². The van der Waals surface area contributed by atoms with Gasteiger partial charge in [-0.2, -0.15) is 9.97 Å². The smallest absolute Gasteiger partial charge is 0.289 e. The van der Waals surface area contributed by atoms with Crippen molar-refractivity contribution in [3.63, 3.8) is 0 Å². The van der Waals surface area contributed by atoms with Crippen molar-refractivity contribution in [1.82, 2.24) is 39.3 Å². The Kier molecular flexibility index (Phi) is 5.91. The number of ether oxygens (including phenoxy) is 1. The molecule has 3 aromatic heterocycles. The van der Waals surface area contributed by atoms with E-state index < -0.39 is 0 Å². The fourth-order valence-corrected chi connectivity index (χ4v) is 5.47. The minimum absolute atomic E-state index is 0.190. The van der Waals surface area contributed by atoms with Gasteiger partial charge in [0.25, 0.3) is 5.91 Å². The Labute approximate surface area is 225 Å². The minimum Gasteiger partial charge on any atom is -0.378 e. The Morgan fingerprint density at radius 3 is 2.44 bits per heavy atom. The van der Waals surface area contributed by atoms with E-state index >= 15 is 0 Å². The lowest BCUT2D eigenvalue weighted by molar-refractivity contribution is -0.134. The molecule has 2 amide bonds. The maximum atomic E-state index is 13.5. The van der Waals surface area contributed by atoms with E-state index in [0.717, 1.165) is 29.7 Å². The number of fused-ring (bicyclic) bond motifs is 2. The van der Waals surface area contributed by atoms with Crippen molar-refractivity contribution in [2.45, 2.75) is 26.2 Å². The van der Waals surface area contributed by atoms with Crippen molar-refractivity contribution in [3.8, 4) is 5.95 Å². The number of nitrogens with one attached hydrogen (secondary N) is 1. The van der Waals surface area contributed by atoms with Gasteiger partial charge >= 0.3 is 0 Å². The first kappa shape index (κ1) is 24.0. The van der Waals surface area contributed by atoms with Gasteiger partial charge < -0.3 is 24.4 Å². The van der Waals surface area contributed by atoms with Crippen molar-refractivity contribution >= 4 is 39.8 Å². The zero-order chi connectivity index (χ0) is 26.5. The largest absolute Gasteiger partial charge is 0.378 e. The van der Waals surface area contributed by atoms with E-state index in [1.807, 2.05) is 33.7 Å². The van der Waals surface area contributed by atoms with Gasteiger partial charge in [-0.15, -0.1) is 0 Å². The number of rotatable bonds is 5. The maximum absolute atomic E-state index is 13.5. The first-order valence-corrected chi connectivity index (χ1v) is 13.8. The number of piperazine rings is 1. The third kappa shape index (κ3) is 4.28. The molecule has 4 aromatic rings. The summed E-state index contributed by atoms with van der Waals surface area (Å²) in [5.74, 6) is 2.48. The number of benzene rings is 1. The van der Waals surface area contributed by atoms with Crippen LogP contribution in [0, 0.1) is 5.92 Å². The van der Waals surface area contributed by atoms with Gasteiger partial charge in [-0.3, -0.25) is 14.2 Å². The molecule has 0 unspecified atom stereocenters. The lowest BCUT2D eigenvalue weighted by atomic mass is 10.2. The molecule has 12 nitrogen and oxygen atoms in total. The highest BCUT2D eigenvalue weighted by atomic mass is 16.5. The number of para-hydroxylation sites is 2. The number of aryl methyl sites for hydroxylation is 1. The number of aromatic nitrogens is 6. The van der Waals surface area contributed by atoms with Crippen LogP contribution in [0.2, 0.25) is 0 Å². The second-order valence-electron chi connectivity index (χ2n) is 10.3. The fourth-order valence-electron chi connectivity index (χ4n) is 5.47. The molecule has 1 aliphatic carbocycles. The van der Waals surface area contributed by atoms with Gasteiger partial charge in [0.15, 0.2) is 22.8 Å². The molecule has 3 fully saturated rings. The molecule has 202 valence electrons. The average molecular weight is 530 g/mol. The molecule has 12 heteroatoms. The van der Waals surface area contributed by atoms with Crippen LogP contribution < -0.4 is 4.90 Å². The van der Waals surface area contributed by atoms with E-state index in [-0.39, 0.29) is 23.6 Å². The van der Waals surface area contributed by atoms with E-state index in [0.29, 0.717) is 81.8 Å². The Hall–Kier alpha value is -4.06. The normalized spacial score (nSPS) is 18.3. The summed E-state index contributed by atoms with van der Waals surface area (Å²) in [5, 5.41) is 0. The summed E-state index contributed by atoms with van der Waals surface area (Å²) in [4.78, 5) is 54.3. The summed E-state index contributed by atoms with van der Waals surface area (Å²) in [6, 6.07) is 7.94. The van der Waals surface area contributed by atoms with Crippen molar-refractivity contribution in [2.24, 2.45) is 5.92 Å². The number of hydrogen-bond donors (Lipinski definition) is 1. The van der Waals surface area contributed by atoms with E-state index in [1.54, 1.807) is 4.90 Å². The molecule has 39 heavy (non-hydrogen) atoms. The van der Waals surface area contributed by atoms with Crippen molar-refractivity contribution < 1.29 is 14.3 Å². The van der Waals surface area contributed by atoms with Crippen LogP contribution in [0.15, 0.2) is 24.3 Å². The van der Waals surface area contributed by atoms with Gasteiger partial charge in [0, 0.05) is 51.6 Å². The average Bonchev–Trinajstić information content (AvgIpc) is 3.64. The lowest BCUT2D eigenvalue weighted by Gasteiger charge is -2.34. The number of carbonyl (C=O) groups is 2. The first-order valence-electron chi connectivity index (χ1n) is 13.8. The molecule has 7 rings (SSSR count). The minimum atomic E-state index is -0.191. The standard InChI is InChI=1S/C27H31N9O3/c1-2-20-28-18-5-3-4-6-19(18)36(20)27-31-22-21(24(32-27)33-13-15-39-16-14-33)29-23(30-22)26(38)35-11-9-34(10-12-35)25(37)17-7-8-17/h3-6,17H,2,7-16H2,1H3,(H,29,30,31,32). The number of amides is 2. The van der Waals surface area contributed by atoms with E-state index in [9.17, 15) is 9.59 Å². The zero-order valence-corrected chi connectivity index (χ0v) is 22.0. The van der Waals surface area contributed by atoms with Crippen LogP contribution in [0.4, 0.5) is 5.82 Å². The fraction of sp³-hybridized carbons (Fsp3) is 0.481. The van der Waals surface area contributed by atoms with E-state index in [4.69, 9.17) is 24.7 Å². The SMILES string of the molecule is CCc1nc2ccccc2n1-c1nc(N2CCOCC2)c2nc(C(=O)N3CCN(C(=O)C4CC4)CC3)[nH]c2n1. The molecular weight excluding hydrogens is 498 g/mol. The van der Waals surface area contributed by atoms with Gasteiger partial charge in [0.05, 0.1) is 24.2 Å². The molecule has 2 aliphatic heterocycles. The van der Waals surface area contributed by atoms with Crippen LogP contribution in [0.25, 0.3) is 28.1 Å². The topological polar surface area (TPSA) is 125 Å². The predicted molar refractivity (Wildman–Crippen MR) is 144 cm³/mol. The van der Waals surface area contributed by atoms with Crippen LogP contribution in [-0.4, -0.2) is 104 Å². The molecule has 2 saturated heterocycles. The molecule has 1 N–H and O–H groups in total. The highest BCUT2D eigenvalue weighted by Gasteiger charge is 2.36. The van der Waals surface area contributed by atoms with Crippen molar-refractivity contribution in [3.05, 3.63) is 35.9 Å². The van der Waals surface area contributed by atoms with Gasteiger partial charge in [-0.05, 0) is 25.0 Å². The molecule has 0 spiro atoms. The van der Waals surface area contributed by atoms with E-state index in [2.05, 4.69) is 16.8 Å². The van der Waals surface area contributed by atoms with Gasteiger partial charge in [0.1, 0.15) is 5.82 Å². The quantitative estimate of drug-likeness (QED) is 0.415. The highest BCUT2D eigenvalue weighted by Crippen LogP contribution is 2.31. The van der Waals surface area contributed by atoms with Crippen LogP contribution in [-0.2, 0) is 16.0 Å². The zero-order valence-electron chi connectivity index (χ0n) is 22.0. The van der Waals surface area contributed by atoms with Crippen LogP contribution in [0.3, 0.4) is 0 Å². The molecule has 1 aromatic carbocycles. The Morgan fingerprint density at radius 2 is 1.69 bits per heavy atom. The first-order chi connectivity index (χ1) is 19.1. The number of nitrogens with zero attached hydrogens (tertiary/aromatic N) is 8. The summed E-state index contributed by atoms with van der Waals surface area (Å²) in [6.07, 6.45) is 2.69. The second kappa shape index (κ2) is 9.60. The van der Waals surface area contributed by atoms with E-state index in [1.165, 1.54) is 0 Å². The lowest BCUT2D eigenvalue weighted by Crippen LogP contribution is -2.51. The third-order valence-corrected chi connectivity index (χ3v) is 7.78. The predicted octanol–water partition coefficient (Wildman–Crippen LogP) is 1.79. The van der Waals surface area contributed by atoms with Crippen molar-refractivity contribution in [1.29, 1.82) is 0 Å².